The second-order valence-corrected chi connectivity index (χ2v) is 6.63. The number of aromatic amines is 1. The summed E-state index contributed by atoms with van der Waals surface area (Å²) in [4.78, 5) is 7.93. The van der Waals surface area contributed by atoms with Crippen LogP contribution < -0.4 is 4.72 Å². The number of hydrogen-bond acceptors (Lipinski definition) is 3. The Morgan fingerprint density at radius 1 is 1.33 bits per heavy atom. The number of imidazole rings is 1. The summed E-state index contributed by atoms with van der Waals surface area (Å²) in [7, 11) is -1.44. The van der Waals surface area contributed by atoms with Gasteiger partial charge in [0.1, 0.15) is 11.7 Å². The van der Waals surface area contributed by atoms with Crippen molar-refractivity contribution in [2.24, 2.45) is 0 Å². The molecule has 0 bridgehead atoms. The second-order valence-electron chi connectivity index (χ2n) is 5.42. The normalized spacial score (nSPS) is 12.3. The van der Waals surface area contributed by atoms with Gasteiger partial charge in [0.25, 0.3) is 0 Å². The van der Waals surface area contributed by atoms with Crippen LogP contribution in [0, 0.1) is 18.3 Å². The summed E-state index contributed by atoms with van der Waals surface area (Å²) in [6.45, 7) is 1.95. The van der Waals surface area contributed by atoms with Crippen LogP contribution in [0.4, 0.5) is 5.69 Å². The van der Waals surface area contributed by atoms with Gasteiger partial charge in [-0.25, -0.2) is 9.19 Å². The Morgan fingerprint density at radius 3 is 3.04 bits per heavy atom. The number of hydrogen-bond donors (Lipinski definition) is 2. The first-order chi connectivity index (χ1) is 11.7. The van der Waals surface area contributed by atoms with Crippen molar-refractivity contribution in [3.63, 3.8) is 0 Å². The topological polar surface area (TPSA) is 86.0 Å². The first-order valence-corrected chi connectivity index (χ1v) is 8.44. The molecule has 2 N–H and O–H groups in total. The molecule has 3 heterocycles. The molecule has 0 spiro atoms. The number of nitrogens with zero attached hydrogens (tertiary/aromatic N) is 3. The summed E-state index contributed by atoms with van der Waals surface area (Å²) >= 11 is 0. The molecule has 1 atom stereocenters. The Bertz CT molecular complexity index is 1140. The number of nitrogens with one attached hydrogen (secondary N) is 2. The monoisotopic (exact) mass is 335 g/mol. The minimum Gasteiger partial charge on any atom is -0.358 e. The lowest BCUT2D eigenvalue weighted by Gasteiger charge is -2.09. The van der Waals surface area contributed by atoms with Crippen molar-refractivity contribution < 1.29 is 4.21 Å². The van der Waals surface area contributed by atoms with E-state index in [0.717, 1.165) is 22.1 Å². The predicted molar refractivity (Wildman–Crippen MR) is 93.0 cm³/mol. The highest BCUT2D eigenvalue weighted by molar-refractivity contribution is 7.86. The van der Waals surface area contributed by atoms with Gasteiger partial charge in [-0.3, -0.25) is 4.72 Å². The van der Waals surface area contributed by atoms with E-state index in [1.54, 1.807) is 24.5 Å². The number of H-pyrrole nitrogens is 1. The van der Waals surface area contributed by atoms with E-state index in [1.165, 1.54) is 0 Å². The molecule has 24 heavy (non-hydrogen) atoms. The minimum atomic E-state index is -1.44. The van der Waals surface area contributed by atoms with Gasteiger partial charge < -0.3 is 9.38 Å². The van der Waals surface area contributed by atoms with Crippen LogP contribution in [0.25, 0.3) is 16.6 Å². The molecule has 0 radical (unpaired) electrons. The van der Waals surface area contributed by atoms with Gasteiger partial charge in [0.15, 0.2) is 11.0 Å². The van der Waals surface area contributed by atoms with Crippen LogP contribution in [0.2, 0.25) is 0 Å². The Hall–Kier alpha value is -3.11. The molecule has 0 aliphatic heterocycles. The molecule has 0 saturated heterocycles. The molecule has 0 saturated carbocycles. The Kier molecular flexibility index (Phi) is 3.32. The van der Waals surface area contributed by atoms with Gasteiger partial charge in [0.2, 0.25) is 0 Å². The Labute approximate surface area is 140 Å². The molecule has 0 amide bonds. The van der Waals surface area contributed by atoms with Gasteiger partial charge in [-0.2, -0.15) is 5.26 Å². The van der Waals surface area contributed by atoms with Crippen molar-refractivity contribution in [3.05, 3.63) is 60.2 Å². The lowest BCUT2D eigenvalue weighted by molar-refractivity contribution is 0.686. The third kappa shape index (κ3) is 2.25. The van der Waals surface area contributed by atoms with Crippen molar-refractivity contribution in [3.8, 4) is 6.07 Å². The third-order valence-electron chi connectivity index (χ3n) is 3.95. The van der Waals surface area contributed by atoms with Crippen molar-refractivity contribution in [2.75, 3.05) is 4.72 Å². The van der Waals surface area contributed by atoms with E-state index in [4.69, 9.17) is 0 Å². The molecule has 4 rings (SSSR count). The van der Waals surface area contributed by atoms with Crippen LogP contribution >= 0.6 is 0 Å². The molecule has 4 aromatic rings. The molecule has 0 aliphatic rings. The number of aryl methyl sites for hydroxylation is 1. The quantitative estimate of drug-likeness (QED) is 0.603. The zero-order chi connectivity index (χ0) is 16.7. The fourth-order valence-electron chi connectivity index (χ4n) is 2.76. The highest BCUT2D eigenvalue weighted by Gasteiger charge is 2.13. The summed E-state index contributed by atoms with van der Waals surface area (Å²) in [6, 6.07) is 9.52. The van der Waals surface area contributed by atoms with Crippen LogP contribution in [0.15, 0.2) is 53.9 Å². The van der Waals surface area contributed by atoms with E-state index in [-0.39, 0.29) is 0 Å². The summed E-state index contributed by atoms with van der Waals surface area (Å²) < 4.78 is 17.5. The Morgan fingerprint density at radius 2 is 2.21 bits per heavy atom. The molecule has 0 aliphatic carbocycles. The second kappa shape index (κ2) is 5.51. The van der Waals surface area contributed by atoms with Crippen molar-refractivity contribution in [1.29, 1.82) is 5.26 Å². The zero-order valence-electron chi connectivity index (χ0n) is 12.8. The van der Waals surface area contributed by atoms with E-state index in [9.17, 15) is 9.47 Å². The van der Waals surface area contributed by atoms with E-state index in [0.29, 0.717) is 16.1 Å². The number of rotatable bonds is 3. The minimum absolute atomic E-state index is 0.579. The number of nitriles is 1. The fraction of sp³-hybridized carbons (Fsp3) is 0.0588. The van der Waals surface area contributed by atoms with E-state index < -0.39 is 11.0 Å². The van der Waals surface area contributed by atoms with Crippen LogP contribution in [0.1, 0.15) is 11.1 Å². The van der Waals surface area contributed by atoms with Crippen molar-refractivity contribution >= 4 is 33.2 Å². The van der Waals surface area contributed by atoms with Gasteiger partial charge >= 0.3 is 0 Å². The van der Waals surface area contributed by atoms with Crippen molar-refractivity contribution in [1.82, 2.24) is 14.4 Å². The van der Waals surface area contributed by atoms with Gasteiger partial charge in [-0.1, -0.05) is 6.07 Å². The molecule has 7 heteroatoms. The highest BCUT2D eigenvalue weighted by atomic mass is 32.2. The highest BCUT2D eigenvalue weighted by Crippen LogP contribution is 2.29. The molecule has 3 aromatic heterocycles. The lowest BCUT2D eigenvalue weighted by atomic mass is 10.1. The maximum absolute atomic E-state index is 12.7. The van der Waals surface area contributed by atoms with E-state index in [2.05, 4.69) is 20.8 Å². The number of fused-ring (bicyclic) bond motifs is 2. The van der Waals surface area contributed by atoms with Gasteiger partial charge in [-0.15, -0.1) is 0 Å². The molecule has 6 nitrogen and oxygen atoms in total. The number of aromatic nitrogens is 3. The molecule has 1 aromatic carbocycles. The number of benzene rings is 1. The summed E-state index contributed by atoms with van der Waals surface area (Å²) in [5.41, 5.74) is 3.79. The third-order valence-corrected chi connectivity index (χ3v) is 5.04. The van der Waals surface area contributed by atoms with Crippen LogP contribution in [-0.4, -0.2) is 18.6 Å². The van der Waals surface area contributed by atoms with Crippen LogP contribution in [0.5, 0.6) is 0 Å². The molecular formula is C17H13N5OS. The lowest BCUT2D eigenvalue weighted by Crippen LogP contribution is -2.06. The van der Waals surface area contributed by atoms with E-state index in [1.807, 2.05) is 35.9 Å². The number of anilines is 1. The maximum Gasteiger partial charge on any atom is 0.150 e. The zero-order valence-corrected chi connectivity index (χ0v) is 13.6. The van der Waals surface area contributed by atoms with Crippen LogP contribution in [0.3, 0.4) is 0 Å². The fourth-order valence-corrected chi connectivity index (χ4v) is 3.64. The Balaban J connectivity index is 1.73. The number of pyridine rings is 1. The predicted octanol–water partition coefficient (Wildman–Crippen LogP) is 3.13. The molecule has 0 fully saturated rings. The summed E-state index contributed by atoms with van der Waals surface area (Å²) in [5.74, 6) is 0. The first kappa shape index (κ1) is 14.5. The summed E-state index contributed by atoms with van der Waals surface area (Å²) in [5, 5.41) is 10.1. The summed E-state index contributed by atoms with van der Waals surface area (Å²) in [6.07, 6.45) is 7.02. The first-order valence-electron chi connectivity index (χ1n) is 7.29. The average Bonchev–Trinajstić information content (AvgIpc) is 3.23. The SMILES string of the molecule is Cc1ccc(NS(=O)c2ccn3ccnc3c2)c2[nH]cc(C#N)c12. The van der Waals surface area contributed by atoms with E-state index >= 15 is 0 Å². The smallest absolute Gasteiger partial charge is 0.150 e. The maximum atomic E-state index is 12.7. The van der Waals surface area contributed by atoms with Crippen LogP contribution in [-0.2, 0) is 11.0 Å². The largest absolute Gasteiger partial charge is 0.358 e. The van der Waals surface area contributed by atoms with Gasteiger partial charge in [0, 0.05) is 30.2 Å². The van der Waals surface area contributed by atoms with Gasteiger partial charge in [-0.05, 0) is 30.7 Å². The van der Waals surface area contributed by atoms with Crippen molar-refractivity contribution in [2.45, 2.75) is 11.8 Å². The van der Waals surface area contributed by atoms with Gasteiger partial charge in [0.05, 0.1) is 21.7 Å². The average molecular weight is 335 g/mol. The molecule has 1 unspecified atom stereocenters. The molecular weight excluding hydrogens is 322 g/mol. The standard InChI is InChI=1S/C17H13N5OS/c1-11-2-3-14(17-16(11)12(9-18)10-20-17)21-24(23)13-4-6-22-7-5-19-15(22)8-13/h2-8,10,20-21H,1H3. The molecule has 118 valence electrons.